The average Bonchev–Trinajstić information content (AvgIpc) is 2.46. The minimum atomic E-state index is 0.972. The standard InChI is InChI=1S/C18H24N2/c1-4-10-19-13-15(5-2)12-16-11-14(3)20-18-9-7-6-8-17(16)18/h6-9,11-12,19H,4-5,10,13H2,1-3H3. The van der Waals surface area contributed by atoms with E-state index in [2.05, 4.69) is 61.4 Å². The second kappa shape index (κ2) is 7.20. The summed E-state index contributed by atoms with van der Waals surface area (Å²) >= 11 is 0. The zero-order chi connectivity index (χ0) is 14.4. The lowest BCUT2D eigenvalue weighted by Crippen LogP contribution is -2.17. The van der Waals surface area contributed by atoms with Crippen LogP contribution >= 0.6 is 0 Å². The molecule has 1 aromatic heterocycles. The molecule has 1 heterocycles. The Morgan fingerprint density at radius 3 is 2.80 bits per heavy atom. The van der Waals surface area contributed by atoms with Crippen molar-refractivity contribution in [2.75, 3.05) is 13.1 Å². The highest BCUT2D eigenvalue weighted by atomic mass is 14.8. The van der Waals surface area contributed by atoms with Crippen LogP contribution in [-0.2, 0) is 0 Å². The topological polar surface area (TPSA) is 24.9 Å². The molecule has 2 nitrogen and oxygen atoms in total. The van der Waals surface area contributed by atoms with E-state index in [1.807, 2.05) is 6.07 Å². The molecule has 0 spiro atoms. The van der Waals surface area contributed by atoms with Crippen LogP contribution in [0.1, 0.15) is 37.9 Å². The molecule has 0 saturated heterocycles. The molecular weight excluding hydrogens is 244 g/mol. The molecule has 0 bridgehead atoms. The van der Waals surface area contributed by atoms with Crippen molar-refractivity contribution in [3.8, 4) is 0 Å². The molecule has 0 fully saturated rings. The number of rotatable bonds is 6. The summed E-state index contributed by atoms with van der Waals surface area (Å²) in [5, 5.41) is 4.72. The molecule has 0 aliphatic rings. The first-order chi connectivity index (χ1) is 9.74. The monoisotopic (exact) mass is 268 g/mol. The van der Waals surface area contributed by atoms with E-state index < -0.39 is 0 Å². The second-order valence-electron chi connectivity index (χ2n) is 5.20. The third kappa shape index (κ3) is 3.67. The minimum absolute atomic E-state index is 0.972. The zero-order valence-electron chi connectivity index (χ0n) is 12.7. The highest BCUT2D eigenvalue weighted by Crippen LogP contribution is 2.21. The average molecular weight is 268 g/mol. The predicted octanol–water partition coefficient (Wildman–Crippen LogP) is 4.34. The second-order valence-corrected chi connectivity index (χ2v) is 5.20. The maximum atomic E-state index is 4.60. The van der Waals surface area contributed by atoms with Gasteiger partial charge in [0.1, 0.15) is 0 Å². The molecule has 0 atom stereocenters. The van der Waals surface area contributed by atoms with Gasteiger partial charge in [0.25, 0.3) is 0 Å². The Balaban J connectivity index is 2.35. The summed E-state index contributed by atoms with van der Waals surface area (Å²) in [5.41, 5.74) is 4.88. The molecule has 2 heteroatoms. The molecule has 0 unspecified atom stereocenters. The first kappa shape index (κ1) is 14.7. The van der Waals surface area contributed by atoms with Crippen LogP contribution in [0, 0.1) is 6.92 Å². The molecule has 0 amide bonds. The summed E-state index contributed by atoms with van der Waals surface area (Å²) in [5.74, 6) is 0. The number of nitrogens with one attached hydrogen (secondary N) is 1. The largest absolute Gasteiger partial charge is 0.313 e. The van der Waals surface area contributed by atoms with Crippen molar-refractivity contribution in [2.45, 2.75) is 33.6 Å². The number of fused-ring (bicyclic) bond motifs is 1. The van der Waals surface area contributed by atoms with E-state index in [0.29, 0.717) is 0 Å². The normalized spacial score (nSPS) is 12.1. The number of aryl methyl sites for hydroxylation is 1. The first-order valence-electron chi connectivity index (χ1n) is 7.51. The van der Waals surface area contributed by atoms with Crippen LogP contribution in [-0.4, -0.2) is 18.1 Å². The van der Waals surface area contributed by atoms with Crippen LogP contribution in [0.2, 0.25) is 0 Å². The smallest absolute Gasteiger partial charge is 0.0711 e. The Bertz CT molecular complexity index is 599. The first-order valence-corrected chi connectivity index (χ1v) is 7.51. The van der Waals surface area contributed by atoms with Crippen molar-refractivity contribution < 1.29 is 0 Å². The third-order valence-corrected chi connectivity index (χ3v) is 3.47. The van der Waals surface area contributed by atoms with Gasteiger partial charge in [-0.1, -0.05) is 43.7 Å². The number of nitrogens with zero attached hydrogens (tertiary/aromatic N) is 1. The van der Waals surface area contributed by atoms with Gasteiger partial charge in [-0.05, 0) is 44.0 Å². The van der Waals surface area contributed by atoms with Gasteiger partial charge in [0, 0.05) is 17.6 Å². The molecule has 2 aromatic rings. The molecule has 0 aliphatic heterocycles. The summed E-state index contributed by atoms with van der Waals surface area (Å²) in [7, 11) is 0. The van der Waals surface area contributed by atoms with E-state index in [0.717, 1.165) is 30.7 Å². The molecule has 0 saturated carbocycles. The molecule has 2 rings (SSSR count). The summed E-state index contributed by atoms with van der Waals surface area (Å²) < 4.78 is 0. The summed E-state index contributed by atoms with van der Waals surface area (Å²) in [6, 6.07) is 10.5. The van der Waals surface area contributed by atoms with Gasteiger partial charge >= 0.3 is 0 Å². The van der Waals surface area contributed by atoms with E-state index in [1.165, 1.54) is 22.9 Å². The fourth-order valence-electron chi connectivity index (χ4n) is 2.38. The van der Waals surface area contributed by atoms with Gasteiger partial charge in [-0.15, -0.1) is 0 Å². The molecular formula is C18H24N2. The van der Waals surface area contributed by atoms with Crippen molar-refractivity contribution in [3.63, 3.8) is 0 Å². The van der Waals surface area contributed by atoms with Crippen LogP contribution in [0.25, 0.3) is 17.0 Å². The van der Waals surface area contributed by atoms with Crippen LogP contribution in [0.15, 0.2) is 35.9 Å². The summed E-state index contributed by atoms with van der Waals surface area (Å²) in [4.78, 5) is 4.60. The Labute approximate surface area is 121 Å². The van der Waals surface area contributed by atoms with Gasteiger partial charge in [-0.3, -0.25) is 4.98 Å². The third-order valence-electron chi connectivity index (χ3n) is 3.47. The Kier molecular flexibility index (Phi) is 5.31. The van der Waals surface area contributed by atoms with Crippen molar-refractivity contribution in [1.82, 2.24) is 10.3 Å². The van der Waals surface area contributed by atoms with Gasteiger partial charge in [-0.25, -0.2) is 0 Å². The molecule has 20 heavy (non-hydrogen) atoms. The fourth-order valence-corrected chi connectivity index (χ4v) is 2.38. The van der Waals surface area contributed by atoms with Crippen LogP contribution in [0.3, 0.4) is 0 Å². The van der Waals surface area contributed by atoms with Gasteiger partial charge in [0.2, 0.25) is 0 Å². The molecule has 0 aliphatic carbocycles. The zero-order valence-corrected chi connectivity index (χ0v) is 12.7. The SMILES string of the molecule is CCCNCC(=Cc1cc(C)nc2ccccc12)CC. The lowest BCUT2D eigenvalue weighted by atomic mass is 10.0. The number of benzene rings is 1. The number of para-hydroxylation sites is 1. The van der Waals surface area contributed by atoms with Crippen molar-refractivity contribution >= 4 is 17.0 Å². The van der Waals surface area contributed by atoms with Gasteiger partial charge in [-0.2, -0.15) is 0 Å². The van der Waals surface area contributed by atoms with Gasteiger partial charge in [0.15, 0.2) is 0 Å². The number of pyridine rings is 1. The highest BCUT2D eigenvalue weighted by molar-refractivity contribution is 5.88. The molecule has 106 valence electrons. The Morgan fingerprint density at radius 2 is 2.05 bits per heavy atom. The highest BCUT2D eigenvalue weighted by Gasteiger charge is 2.03. The van der Waals surface area contributed by atoms with Crippen LogP contribution < -0.4 is 5.32 Å². The Morgan fingerprint density at radius 1 is 1.25 bits per heavy atom. The molecule has 0 radical (unpaired) electrons. The number of hydrogen-bond donors (Lipinski definition) is 1. The lowest BCUT2D eigenvalue weighted by Gasteiger charge is -2.09. The summed E-state index contributed by atoms with van der Waals surface area (Å²) in [6.07, 6.45) is 4.57. The van der Waals surface area contributed by atoms with Crippen LogP contribution in [0.5, 0.6) is 0 Å². The maximum absolute atomic E-state index is 4.60. The fraction of sp³-hybridized carbons (Fsp3) is 0.389. The van der Waals surface area contributed by atoms with Crippen molar-refractivity contribution in [2.24, 2.45) is 0 Å². The van der Waals surface area contributed by atoms with Crippen molar-refractivity contribution in [1.29, 1.82) is 0 Å². The Hall–Kier alpha value is -1.67. The maximum Gasteiger partial charge on any atom is 0.0711 e. The van der Waals surface area contributed by atoms with E-state index in [9.17, 15) is 0 Å². The minimum Gasteiger partial charge on any atom is -0.313 e. The quantitative estimate of drug-likeness (QED) is 0.788. The van der Waals surface area contributed by atoms with Gasteiger partial charge in [0.05, 0.1) is 5.52 Å². The van der Waals surface area contributed by atoms with E-state index >= 15 is 0 Å². The lowest BCUT2D eigenvalue weighted by molar-refractivity contribution is 0.706. The van der Waals surface area contributed by atoms with E-state index in [1.54, 1.807) is 0 Å². The number of hydrogen-bond acceptors (Lipinski definition) is 2. The van der Waals surface area contributed by atoms with E-state index in [-0.39, 0.29) is 0 Å². The molecule has 1 aromatic carbocycles. The molecule has 1 N–H and O–H groups in total. The predicted molar refractivity (Wildman–Crippen MR) is 87.9 cm³/mol. The van der Waals surface area contributed by atoms with Crippen molar-refractivity contribution in [3.05, 3.63) is 47.2 Å². The van der Waals surface area contributed by atoms with Crippen LogP contribution in [0.4, 0.5) is 0 Å². The summed E-state index contributed by atoms with van der Waals surface area (Å²) in [6.45, 7) is 8.52. The van der Waals surface area contributed by atoms with E-state index in [4.69, 9.17) is 0 Å². The van der Waals surface area contributed by atoms with Gasteiger partial charge < -0.3 is 5.32 Å². The number of aromatic nitrogens is 1.